The minimum absolute atomic E-state index is 0.113. The number of nitrogens with one attached hydrogen (secondary N) is 1. The van der Waals surface area contributed by atoms with E-state index in [9.17, 15) is 9.90 Å². The highest BCUT2D eigenvalue weighted by molar-refractivity contribution is 5.03. The van der Waals surface area contributed by atoms with Gasteiger partial charge in [0.1, 0.15) is 6.10 Å². The van der Waals surface area contributed by atoms with Crippen LogP contribution in [-0.4, -0.2) is 21.4 Å². The number of hydrogen-bond donors (Lipinski definition) is 3. The summed E-state index contributed by atoms with van der Waals surface area (Å²) in [4.78, 5) is 11.4. The molecule has 0 saturated heterocycles. The van der Waals surface area contributed by atoms with E-state index in [4.69, 9.17) is 5.73 Å². The van der Waals surface area contributed by atoms with Crippen LogP contribution in [0.5, 0.6) is 0 Å². The van der Waals surface area contributed by atoms with Crippen LogP contribution in [0.2, 0.25) is 0 Å². The van der Waals surface area contributed by atoms with Gasteiger partial charge in [0.2, 0.25) is 0 Å². The largest absolute Gasteiger partial charge is 0.385 e. The Morgan fingerprint density at radius 1 is 1.64 bits per heavy atom. The first-order chi connectivity index (χ1) is 6.54. The third kappa shape index (κ3) is 2.46. The third-order valence-corrected chi connectivity index (χ3v) is 1.94. The number of aliphatic hydroxyl groups excluding tert-OH is 1. The Morgan fingerprint density at radius 3 is 2.79 bits per heavy atom. The van der Waals surface area contributed by atoms with Crippen LogP contribution >= 0.6 is 0 Å². The summed E-state index contributed by atoms with van der Waals surface area (Å²) >= 11 is 0. The van der Waals surface area contributed by atoms with Crippen molar-refractivity contribution in [3.63, 3.8) is 0 Å². The van der Waals surface area contributed by atoms with Gasteiger partial charge in [-0.05, 0) is 5.92 Å². The van der Waals surface area contributed by atoms with Crippen molar-refractivity contribution in [3.05, 3.63) is 22.1 Å². The smallest absolute Gasteiger partial charge is 0.266 e. The lowest BCUT2D eigenvalue weighted by atomic mass is 10.2. The Bertz CT molecular complexity index is 340. The molecule has 1 heterocycles. The molecule has 0 aliphatic rings. The van der Waals surface area contributed by atoms with Crippen LogP contribution in [0.4, 0.5) is 0 Å². The van der Waals surface area contributed by atoms with Crippen LogP contribution < -0.4 is 11.3 Å². The lowest BCUT2D eigenvalue weighted by Crippen LogP contribution is -2.19. The Labute approximate surface area is 82.5 Å². The summed E-state index contributed by atoms with van der Waals surface area (Å²) in [7, 11) is 0. The number of aromatic amines is 1. The normalized spacial score (nSPS) is 13.5. The van der Waals surface area contributed by atoms with E-state index in [1.54, 1.807) is 0 Å². The Balaban J connectivity index is 2.88. The van der Waals surface area contributed by atoms with Crippen molar-refractivity contribution in [1.29, 1.82) is 0 Å². The Morgan fingerprint density at radius 2 is 2.29 bits per heavy atom. The summed E-state index contributed by atoms with van der Waals surface area (Å²) < 4.78 is 1.48. The van der Waals surface area contributed by atoms with Crippen molar-refractivity contribution in [2.24, 2.45) is 11.7 Å². The van der Waals surface area contributed by atoms with Crippen LogP contribution in [-0.2, 0) is 6.54 Å². The summed E-state index contributed by atoms with van der Waals surface area (Å²) in [5.74, 6) is 0.384. The zero-order valence-corrected chi connectivity index (χ0v) is 8.53. The van der Waals surface area contributed by atoms with Crippen LogP contribution in [0.15, 0.2) is 10.9 Å². The number of H-pyrrole nitrogens is 1. The quantitative estimate of drug-likeness (QED) is 0.629. The van der Waals surface area contributed by atoms with Gasteiger partial charge >= 0.3 is 0 Å². The summed E-state index contributed by atoms with van der Waals surface area (Å²) in [6.07, 6.45) is -0.781. The van der Waals surface area contributed by atoms with Gasteiger partial charge in [-0.15, -0.1) is 0 Å². The SMILES string of the molecule is CC(C)Cn1[nH]c(C(O)CN)cc1=O. The van der Waals surface area contributed by atoms with Gasteiger partial charge in [-0.3, -0.25) is 14.6 Å². The molecule has 1 unspecified atom stereocenters. The van der Waals surface area contributed by atoms with E-state index >= 15 is 0 Å². The van der Waals surface area contributed by atoms with Crippen LogP contribution in [0.25, 0.3) is 0 Å². The molecule has 1 rings (SSSR count). The summed E-state index contributed by atoms with van der Waals surface area (Å²) in [5, 5.41) is 12.2. The molecule has 1 aromatic rings. The van der Waals surface area contributed by atoms with Crippen molar-refractivity contribution >= 4 is 0 Å². The number of nitrogens with two attached hydrogens (primary N) is 1. The monoisotopic (exact) mass is 199 g/mol. The molecule has 1 atom stereocenters. The predicted octanol–water partition coefficient (Wildman–Crippen LogP) is -0.175. The van der Waals surface area contributed by atoms with E-state index in [2.05, 4.69) is 5.10 Å². The maximum absolute atomic E-state index is 11.4. The van der Waals surface area contributed by atoms with E-state index in [-0.39, 0.29) is 12.1 Å². The van der Waals surface area contributed by atoms with Gasteiger partial charge in [0.05, 0.1) is 5.69 Å². The number of rotatable bonds is 4. The fourth-order valence-electron chi connectivity index (χ4n) is 1.25. The fraction of sp³-hybridized carbons (Fsp3) is 0.667. The van der Waals surface area contributed by atoms with Crippen molar-refractivity contribution in [2.75, 3.05) is 6.54 Å². The first kappa shape index (κ1) is 11.0. The van der Waals surface area contributed by atoms with Crippen LogP contribution in [0.1, 0.15) is 25.6 Å². The Hall–Kier alpha value is -1.07. The highest BCUT2D eigenvalue weighted by Crippen LogP contribution is 2.05. The highest BCUT2D eigenvalue weighted by atomic mass is 16.3. The summed E-state index contributed by atoms with van der Waals surface area (Å²) in [6, 6.07) is 1.39. The molecule has 0 radical (unpaired) electrons. The average molecular weight is 199 g/mol. The van der Waals surface area contributed by atoms with Gasteiger partial charge in [0.15, 0.2) is 0 Å². The molecular formula is C9H17N3O2. The second-order valence-electron chi connectivity index (χ2n) is 3.81. The van der Waals surface area contributed by atoms with E-state index in [1.165, 1.54) is 10.7 Å². The molecule has 0 aromatic carbocycles. The van der Waals surface area contributed by atoms with E-state index in [1.807, 2.05) is 13.8 Å². The molecule has 1 aromatic heterocycles. The molecular weight excluding hydrogens is 182 g/mol. The van der Waals surface area contributed by atoms with Crippen molar-refractivity contribution in [2.45, 2.75) is 26.5 Å². The second kappa shape index (κ2) is 4.43. The maximum atomic E-state index is 11.4. The zero-order chi connectivity index (χ0) is 10.7. The maximum Gasteiger partial charge on any atom is 0.266 e. The molecule has 5 nitrogen and oxygen atoms in total. The number of nitrogens with zero attached hydrogens (tertiary/aromatic N) is 1. The van der Waals surface area contributed by atoms with Gasteiger partial charge in [0, 0.05) is 19.2 Å². The molecule has 14 heavy (non-hydrogen) atoms. The second-order valence-corrected chi connectivity index (χ2v) is 3.81. The van der Waals surface area contributed by atoms with Crippen molar-refractivity contribution < 1.29 is 5.11 Å². The van der Waals surface area contributed by atoms with Gasteiger partial charge in [-0.25, -0.2) is 0 Å². The topological polar surface area (TPSA) is 84.0 Å². The van der Waals surface area contributed by atoms with Gasteiger partial charge < -0.3 is 10.8 Å². The Kier molecular flexibility index (Phi) is 3.49. The first-order valence-corrected chi connectivity index (χ1v) is 4.72. The molecule has 4 N–H and O–H groups in total. The highest BCUT2D eigenvalue weighted by Gasteiger charge is 2.10. The van der Waals surface area contributed by atoms with Crippen LogP contribution in [0.3, 0.4) is 0 Å². The van der Waals surface area contributed by atoms with Crippen molar-refractivity contribution in [1.82, 2.24) is 9.78 Å². The van der Waals surface area contributed by atoms with E-state index in [0.717, 1.165) is 0 Å². The molecule has 0 fully saturated rings. The lowest BCUT2D eigenvalue weighted by Gasteiger charge is -2.06. The lowest BCUT2D eigenvalue weighted by molar-refractivity contribution is 0.180. The fourth-order valence-corrected chi connectivity index (χ4v) is 1.25. The minimum atomic E-state index is -0.781. The minimum Gasteiger partial charge on any atom is -0.385 e. The average Bonchev–Trinajstić information content (AvgIpc) is 2.46. The number of hydrogen-bond acceptors (Lipinski definition) is 3. The van der Waals surface area contributed by atoms with Crippen LogP contribution in [0, 0.1) is 5.92 Å². The van der Waals surface area contributed by atoms with E-state index < -0.39 is 6.10 Å². The standard InChI is InChI=1S/C9H17N3O2/c1-6(2)5-12-9(14)3-7(11-12)8(13)4-10/h3,6,8,11,13H,4-5,10H2,1-2H3. The molecule has 0 aliphatic heterocycles. The molecule has 80 valence electrons. The van der Waals surface area contributed by atoms with Gasteiger partial charge in [0.25, 0.3) is 5.56 Å². The van der Waals surface area contributed by atoms with Gasteiger partial charge in [-0.2, -0.15) is 0 Å². The van der Waals surface area contributed by atoms with E-state index in [0.29, 0.717) is 18.2 Å². The molecule has 0 bridgehead atoms. The first-order valence-electron chi connectivity index (χ1n) is 4.72. The molecule has 5 heteroatoms. The molecule has 0 spiro atoms. The zero-order valence-electron chi connectivity index (χ0n) is 8.53. The molecule has 0 amide bonds. The van der Waals surface area contributed by atoms with Crippen molar-refractivity contribution in [3.8, 4) is 0 Å². The number of aliphatic hydroxyl groups is 1. The summed E-state index contributed by atoms with van der Waals surface area (Å²) in [5.41, 5.74) is 5.64. The predicted molar refractivity (Wildman–Crippen MR) is 53.9 cm³/mol. The summed E-state index contributed by atoms with van der Waals surface area (Å²) in [6.45, 7) is 4.77. The molecule has 0 aliphatic carbocycles. The number of aromatic nitrogens is 2. The third-order valence-electron chi connectivity index (χ3n) is 1.94. The van der Waals surface area contributed by atoms with Gasteiger partial charge in [-0.1, -0.05) is 13.8 Å². The molecule has 0 saturated carbocycles.